The third-order valence-corrected chi connectivity index (χ3v) is 4.30. The van der Waals surface area contributed by atoms with Crippen LogP contribution in [0.1, 0.15) is 19.4 Å². The van der Waals surface area contributed by atoms with Crippen molar-refractivity contribution in [1.82, 2.24) is 4.72 Å². The van der Waals surface area contributed by atoms with Crippen molar-refractivity contribution >= 4 is 39.7 Å². The Labute approximate surface area is 134 Å². The lowest BCUT2D eigenvalue weighted by atomic mass is 10.1. The van der Waals surface area contributed by atoms with Crippen LogP contribution in [0.25, 0.3) is 0 Å². The zero-order valence-electron chi connectivity index (χ0n) is 11.7. The first-order chi connectivity index (χ1) is 8.94. The monoisotopic (exact) mass is 357 g/mol. The van der Waals surface area contributed by atoms with Gasteiger partial charge in [0, 0.05) is 18.2 Å². The number of halogens is 2. The molecule has 0 aromatic heterocycles. The van der Waals surface area contributed by atoms with Crippen molar-refractivity contribution in [3.05, 3.63) is 32.8 Å². The van der Waals surface area contributed by atoms with E-state index in [0.717, 1.165) is 0 Å². The van der Waals surface area contributed by atoms with Gasteiger partial charge in [0.25, 0.3) is 5.69 Å². The summed E-state index contributed by atoms with van der Waals surface area (Å²) in [5, 5.41) is 10.4. The molecule has 0 bridgehead atoms. The van der Waals surface area contributed by atoms with Crippen LogP contribution in [0.3, 0.4) is 0 Å². The summed E-state index contributed by atoms with van der Waals surface area (Å²) in [6.07, 6.45) is 0. The maximum absolute atomic E-state index is 12.2. The van der Waals surface area contributed by atoms with Crippen LogP contribution in [0.15, 0.2) is 17.0 Å². The van der Waals surface area contributed by atoms with Crippen molar-refractivity contribution in [2.24, 2.45) is 5.73 Å². The standard InChI is InChI=1S/C11H16ClN3O4S.ClH/c1-7-4-8(15(16)17)10(12)9(5-7)20(18,19)14-6-11(2,3)13;/h4-5,14H,6,13H2,1-3H3;1H. The summed E-state index contributed by atoms with van der Waals surface area (Å²) >= 11 is 5.82. The highest BCUT2D eigenvalue weighted by Gasteiger charge is 2.26. The van der Waals surface area contributed by atoms with Gasteiger partial charge < -0.3 is 5.73 Å². The van der Waals surface area contributed by atoms with Gasteiger partial charge in [-0.1, -0.05) is 11.6 Å². The summed E-state index contributed by atoms with van der Waals surface area (Å²) < 4.78 is 26.6. The molecule has 0 atom stereocenters. The third kappa shape index (κ3) is 5.40. The number of nitro groups is 1. The second-order valence-corrected chi connectivity index (χ2v) is 7.28. The molecule has 0 aliphatic carbocycles. The van der Waals surface area contributed by atoms with Crippen LogP contribution >= 0.6 is 24.0 Å². The number of benzene rings is 1. The Morgan fingerprint density at radius 1 is 1.43 bits per heavy atom. The highest BCUT2D eigenvalue weighted by atomic mass is 35.5. The van der Waals surface area contributed by atoms with Gasteiger partial charge >= 0.3 is 0 Å². The average molecular weight is 358 g/mol. The molecule has 0 radical (unpaired) electrons. The Balaban J connectivity index is 0.00000400. The van der Waals surface area contributed by atoms with E-state index in [1.807, 2.05) is 0 Å². The van der Waals surface area contributed by atoms with Crippen LogP contribution in [0.4, 0.5) is 5.69 Å². The summed E-state index contributed by atoms with van der Waals surface area (Å²) in [7, 11) is -3.97. The molecule has 0 amide bonds. The molecule has 0 saturated carbocycles. The minimum atomic E-state index is -3.97. The van der Waals surface area contributed by atoms with E-state index in [0.29, 0.717) is 5.56 Å². The van der Waals surface area contributed by atoms with Gasteiger partial charge in [0.05, 0.1) is 4.92 Å². The smallest absolute Gasteiger partial charge is 0.289 e. The second-order valence-electron chi connectivity index (χ2n) is 5.17. The summed E-state index contributed by atoms with van der Waals surface area (Å²) in [6.45, 7) is 4.83. The van der Waals surface area contributed by atoms with Gasteiger partial charge in [-0.25, -0.2) is 13.1 Å². The molecular formula is C11H17Cl2N3O4S. The molecule has 0 aliphatic heterocycles. The molecule has 120 valence electrons. The molecule has 0 heterocycles. The highest BCUT2D eigenvalue weighted by Crippen LogP contribution is 2.32. The predicted octanol–water partition coefficient (Wildman–Crippen LogP) is 1.99. The Hall–Kier alpha value is -0.930. The zero-order valence-corrected chi connectivity index (χ0v) is 14.1. The fraction of sp³-hybridized carbons (Fsp3) is 0.455. The normalized spacial score (nSPS) is 11.9. The minimum absolute atomic E-state index is 0. The van der Waals surface area contributed by atoms with Gasteiger partial charge in [-0.3, -0.25) is 10.1 Å². The van der Waals surface area contributed by atoms with E-state index in [9.17, 15) is 18.5 Å². The molecule has 3 N–H and O–H groups in total. The Morgan fingerprint density at radius 3 is 2.38 bits per heavy atom. The molecule has 1 aromatic carbocycles. The fourth-order valence-corrected chi connectivity index (χ4v) is 3.29. The van der Waals surface area contributed by atoms with E-state index in [1.54, 1.807) is 20.8 Å². The number of hydrogen-bond acceptors (Lipinski definition) is 5. The van der Waals surface area contributed by atoms with Crippen molar-refractivity contribution in [1.29, 1.82) is 0 Å². The molecule has 0 saturated heterocycles. The number of nitro benzene ring substituents is 1. The van der Waals surface area contributed by atoms with Crippen LogP contribution in [-0.2, 0) is 10.0 Å². The minimum Gasteiger partial charge on any atom is -0.324 e. The molecule has 1 aromatic rings. The van der Waals surface area contributed by atoms with Crippen LogP contribution < -0.4 is 10.5 Å². The van der Waals surface area contributed by atoms with Crippen molar-refractivity contribution in [3.63, 3.8) is 0 Å². The Morgan fingerprint density at radius 2 is 1.95 bits per heavy atom. The number of rotatable bonds is 5. The SMILES string of the molecule is Cc1cc([N+](=O)[O-])c(Cl)c(S(=O)(=O)NCC(C)(C)N)c1.Cl. The van der Waals surface area contributed by atoms with E-state index in [-0.39, 0.29) is 23.8 Å². The Kier molecular flexibility index (Phi) is 6.58. The maximum Gasteiger partial charge on any atom is 0.289 e. The van der Waals surface area contributed by atoms with Gasteiger partial charge in [-0.15, -0.1) is 12.4 Å². The van der Waals surface area contributed by atoms with Gasteiger partial charge in [0.1, 0.15) is 9.92 Å². The summed E-state index contributed by atoms with van der Waals surface area (Å²) in [5.41, 5.74) is 4.92. The topological polar surface area (TPSA) is 115 Å². The van der Waals surface area contributed by atoms with Crippen molar-refractivity contribution in [2.75, 3.05) is 6.54 Å². The van der Waals surface area contributed by atoms with E-state index in [4.69, 9.17) is 17.3 Å². The zero-order chi connectivity index (χ0) is 15.7. The lowest BCUT2D eigenvalue weighted by molar-refractivity contribution is -0.385. The first-order valence-corrected chi connectivity index (χ1v) is 7.53. The van der Waals surface area contributed by atoms with Crippen molar-refractivity contribution < 1.29 is 13.3 Å². The van der Waals surface area contributed by atoms with E-state index >= 15 is 0 Å². The van der Waals surface area contributed by atoms with Gasteiger partial charge in [-0.05, 0) is 32.4 Å². The summed E-state index contributed by atoms with van der Waals surface area (Å²) in [5.74, 6) is 0. The quantitative estimate of drug-likeness (QED) is 0.617. The average Bonchev–Trinajstić information content (AvgIpc) is 2.28. The molecule has 0 fully saturated rings. The molecule has 0 aliphatic rings. The number of nitrogens with zero attached hydrogens (tertiary/aromatic N) is 1. The largest absolute Gasteiger partial charge is 0.324 e. The Bertz CT molecular complexity index is 642. The third-order valence-electron chi connectivity index (χ3n) is 2.37. The molecule has 0 unspecified atom stereocenters. The molecule has 10 heteroatoms. The predicted molar refractivity (Wildman–Crippen MR) is 83.5 cm³/mol. The van der Waals surface area contributed by atoms with E-state index < -0.39 is 31.2 Å². The molecular weight excluding hydrogens is 341 g/mol. The summed E-state index contributed by atoms with van der Waals surface area (Å²) in [4.78, 5) is 9.81. The highest BCUT2D eigenvalue weighted by molar-refractivity contribution is 7.89. The van der Waals surface area contributed by atoms with Gasteiger partial charge in [-0.2, -0.15) is 0 Å². The number of aryl methyl sites for hydroxylation is 1. The van der Waals surface area contributed by atoms with Crippen LogP contribution in [0.5, 0.6) is 0 Å². The van der Waals surface area contributed by atoms with Gasteiger partial charge in [0.15, 0.2) is 0 Å². The summed E-state index contributed by atoms with van der Waals surface area (Å²) in [6, 6.07) is 2.50. The molecule has 1 rings (SSSR count). The molecule has 21 heavy (non-hydrogen) atoms. The molecule has 7 nitrogen and oxygen atoms in total. The van der Waals surface area contributed by atoms with Crippen LogP contribution in [0, 0.1) is 17.0 Å². The van der Waals surface area contributed by atoms with Crippen LogP contribution in [0.2, 0.25) is 5.02 Å². The van der Waals surface area contributed by atoms with Crippen molar-refractivity contribution in [3.8, 4) is 0 Å². The first kappa shape index (κ1) is 20.1. The maximum atomic E-state index is 12.2. The number of nitrogens with two attached hydrogens (primary N) is 1. The second kappa shape index (κ2) is 6.89. The van der Waals surface area contributed by atoms with Gasteiger partial charge in [0.2, 0.25) is 10.0 Å². The number of nitrogens with one attached hydrogen (secondary N) is 1. The lowest BCUT2D eigenvalue weighted by Gasteiger charge is -2.19. The number of hydrogen-bond donors (Lipinski definition) is 2. The van der Waals surface area contributed by atoms with E-state index in [2.05, 4.69) is 4.72 Å². The van der Waals surface area contributed by atoms with Crippen molar-refractivity contribution in [2.45, 2.75) is 31.2 Å². The molecule has 0 spiro atoms. The van der Waals surface area contributed by atoms with E-state index in [1.165, 1.54) is 12.1 Å². The lowest BCUT2D eigenvalue weighted by Crippen LogP contribution is -2.45. The fourth-order valence-electron chi connectivity index (χ4n) is 1.40. The number of sulfonamides is 1. The van der Waals surface area contributed by atoms with Crippen LogP contribution in [-0.4, -0.2) is 25.4 Å². The first-order valence-electron chi connectivity index (χ1n) is 5.67.